The van der Waals surface area contributed by atoms with Crippen molar-refractivity contribution in [2.45, 2.75) is 13.8 Å². The van der Waals surface area contributed by atoms with Gasteiger partial charge >= 0.3 is 0 Å². The Morgan fingerprint density at radius 2 is 1.03 bits per heavy atom. The molecular weight excluding hydrogens is 423 g/mol. The maximum Gasteiger partial charge on any atom is 0.252 e. The van der Waals surface area contributed by atoms with Gasteiger partial charge in [-0.25, -0.2) is 0 Å². The number of aryl methyl sites for hydroxylation is 2. The second kappa shape index (κ2) is 7.64. The number of benzene rings is 5. The van der Waals surface area contributed by atoms with Gasteiger partial charge < -0.3 is 9.80 Å². The van der Waals surface area contributed by atoms with Crippen molar-refractivity contribution in [3.05, 3.63) is 126 Å². The topological polar surface area (TPSA) is 6.48 Å². The van der Waals surface area contributed by atoms with Gasteiger partial charge in [-0.05, 0) is 78.8 Å². The summed E-state index contributed by atoms with van der Waals surface area (Å²) in [7, 11) is 0. The number of hydrogen-bond donors (Lipinski definition) is 0. The lowest BCUT2D eigenvalue weighted by atomic mass is 9.33. The molecule has 2 heterocycles. The molecule has 2 aliphatic heterocycles. The van der Waals surface area contributed by atoms with Crippen LogP contribution >= 0.6 is 0 Å². The molecular formula is C32H25BN2. The molecule has 0 saturated carbocycles. The minimum absolute atomic E-state index is 0.189. The number of fused-ring (bicyclic) bond motifs is 4. The predicted octanol–water partition coefficient (Wildman–Crippen LogP) is 6.39. The molecule has 0 fully saturated rings. The summed E-state index contributed by atoms with van der Waals surface area (Å²) < 4.78 is 0. The second-order valence-electron chi connectivity index (χ2n) is 9.61. The Morgan fingerprint density at radius 1 is 0.457 bits per heavy atom. The standard InChI is InChI=1S/C32H25BN2/c1-22-15-18-25(19-16-22)35-29-20-17-23(2)21-27(29)33-26-11-6-7-12-28(26)34(24-9-4-3-5-10-24)30-13-8-14-31(35)32(30)33/h3-21H,1-2H3. The van der Waals surface area contributed by atoms with Crippen molar-refractivity contribution < 1.29 is 0 Å². The van der Waals surface area contributed by atoms with E-state index in [9.17, 15) is 0 Å². The van der Waals surface area contributed by atoms with E-state index in [4.69, 9.17) is 0 Å². The first kappa shape index (κ1) is 20.2. The van der Waals surface area contributed by atoms with E-state index < -0.39 is 0 Å². The molecule has 0 saturated heterocycles. The van der Waals surface area contributed by atoms with Crippen LogP contribution in [0, 0.1) is 13.8 Å². The molecule has 3 heteroatoms. The zero-order valence-corrected chi connectivity index (χ0v) is 19.9. The van der Waals surface area contributed by atoms with E-state index >= 15 is 0 Å². The summed E-state index contributed by atoms with van der Waals surface area (Å²) in [6.07, 6.45) is 0. The fourth-order valence-corrected chi connectivity index (χ4v) is 5.84. The summed E-state index contributed by atoms with van der Waals surface area (Å²) in [6, 6.07) is 42.2. The molecule has 0 amide bonds. The third-order valence-corrected chi connectivity index (χ3v) is 7.36. The largest absolute Gasteiger partial charge is 0.311 e. The van der Waals surface area contributed by atoms with Crippen LogP contribution in [0.4, 0.5) is 34.1 Å². The van der Waals surface area contributed by atoms with Crippen molar-refractivity contribution in [1.29, 1.82) is 0 Å². The van der Waals surface area contributed by atoms with Crippen molar-refractivity contribution in [3.8, 4) is 0 Å². The quantitative estimate of drug-likeness (QED) is 0.283. The third-order valence-electron chi connectivity index (χ3n) is 7.36. The Kier molecular flexibility index (Phi) is 4.40. The van der Waals surface area contributed by atoms with Crippen LogP contribution in [0.25, 0.3) is 0 Å². The van der Waals surface area contributed by atoms with E-state index in [2.05, 4.69) is 139 Å². The highest BCUT2D eigenvalue weighted by Crippen LogP contribution is 2.43. The minimum atomic E-state index is 0.189. The van der Waals surface area contributed by atoms with Gasteiger partial charge in [0.2, 0.25) is 0 Å². The van der Waals surface area contributed by atoms with Gasteiger partial charge in [-0.3, -0.25) is 0 Å². The summed E-state index contributed by atoms with van der Waals surface area (Å²) in [5.41, 5.74) is 14.0. The Morgan fingerprint density at radius 3 is 1.77 bits per heavy atom. The van der Waals surface area contributed by atoms with E-state index in [0.29, 0.717) is 0 Å². The molecule has 0 bridgehead atoms. The van der Waals surface area contributed by atoms with Crippen molar-refractivity contribution in [1.82, 2.24) is 0 Å². The monoisotopic (exact) mass is 448 g/mol. The van der Waals surface area contributed by atoms with Crippen LogP contribution in [0.1, 0.15) is 11.1 Å². The molecule has 0 aliphatic carbocycles. The Bertz CT molecular complexity index is 1570. The Balaban J connectivity index is 1.57. The fourth-order valence-electron chi connectivity index (χ4n) is 5.84. The summed E-state index contributed by atoms with van der Waals surface area (Å²) in [5.74, 6) is 0. The first-order valence-electron chi connectivity index (χ1n) is 12.2. The van der Waals surface area contributed by atoms with Crippen LogP contribution in [0.15, 0.2) is 115 Å². The summed E-state index contributed by atoms with van der Waals surface area (Å²) in [6.45, 7) is 4.53. The molecule has 0 spiro atoms. The van der Waals surface area contributed by atoms with Gasteiger partial charge in [-0.2, -0.15) is 0 Å². The average Bonchev–Trinajstić information content (AvgIpc) is 2.90. The second-order valence-corrected chi connectivity index (χ2v) is 9.61. The number of nitrogens with zero attached hydrogens (tertiary/aromatic N) is 2. The first-order chi connectivity index (χ1) is 17.2. The maximum absolute atomic E-state index is 2.45. The van der Waals surface area contributed by atoms with Gasteiger partial charge in [-0.1, -0.05) is 77.9 Å². The number of rotatable bonds is 2. The van der Waals surface area contributed by atoms with Gasteiger partial charge in [0.05, 0.1) is 0 Å². The molecule has 5 aromatic carbocycles. The third kappa shape index (κ3) is 2.98. The molecule has 0 atom stereocenters. The lowest BCUT2D eigenvalue weighted by molar-refractivity contribution is 1.25. The highest BCUT2D eigenvalue weighted by molar-refractivity contribution is 7.00. The Labute approximate surface area is 207 Å². The summed E-state index contributed by atoms with van der Waals surface area (Å²) in [4.78, 5) is 4.87. The molecule has 166 valence electrons. The summed E-state index contributed by atoms with van der Waals surface area (Å²) in [5, 5.41) is 0. The molecule has 5 aromatic rings. The predicted molar refractivity (Wildman–Crippen MR) is 150 cm³/mol. The molecule has 2 aliphatic rings. The lowest BCUT2D eigenvalue weighted by Gasteiger charge is -2.44. The smallest absolute Gasteiger partial charge is 0.252 e. The molecule has 0 N–H and O–H groups in total. The normalized spacial score (nSPS) is 13.3. The maximum atomic E-state index is 2.45. The van der Waals surface area contributed by atoms with E-state index in [1.807, 2.05) is 0 Å². The Hall–Kier alpha value is -4.24. The van der Waals surface area contributed by atoms with Gasteiger partial charge in [0.15, 0.2) is 0 Å². The van der Waals surface area contributed by atoms with E-state index in [1.165, 1.54) is 61.6 Å². The van der Waals surface area contributed by atoms with Gasteiger partial charge in [0.25, 0.3) is 6.71 Å². The average molecular weight is 448 g/mol. The van der Waals surface area contributed by atoms with Crippen LogP contribution < -0.4 is 26.2 Å². The molecule has 7 rings (SSSR count). The van der Waals surface area contributed by atoms with E-state index in [1.54, 1.807) is 0 Å². The molecule has 0 radical (unpaired) electrons. The van der Waals surface area contributed by atoms with Crippen molar-refractivity contribution >= 4 is 57.2 Å². The van der Waals surface area contributed by atoms with Crippen molar-refractivity contribution in [2.24, 2.45) is 0 Å². The molecule has 2 nitrogen and oxygen atoms in total. The van der Waals surface area contributed by atoms with Crippen molar-refractivity contribution in [3.63, 3.8) is 0 Å². The van der Waals surface area contributed by atoms with Crippen LogP contribution in [0.3, 0.4) is 0 Å². The van der Waals surface area contributed by atoms with Gasteiger partial charge in [-0.15, -0.1) is 0 Å². The zero-order chi connectivity index (χ0) is 23.5. The zero-order valence-electron chi connectivity index (χ0n) is 19.9. The van der Waals surface area contributed by atoms with Gasteiger partial charge in [0, 0.05) is 34.1 Å². The lowest BCUT2D eigenvalue weighted by Crippen LogP contribution is -2.61. The van der Waals surface area contributed by atoms with E-state index in [0.717, 1.165) is 0 Å². The van der Waals surface area contributed by atoms with Crippen LogP contribution in [0.2, 0.25) is 0 Å². The first-order valence-corrected chi connectivity index (χ1v) is 12.2. The van der Waals surface area contributed by atoms with Crippen LogP contribution in [0.5, 0.6) is 0 Å². The number of hydrogen-bond acceptors (Lipinski definition) is 2. The molecule has 0 aromatic heterocycles. The van der Waals surface area contributed by atoms with E-state index in [-0.39, 0.29) is 6.71 Å². The fraction of sp³-hybridized carbons (Fsp3) is 0.0625. The van der Waals surface area contributed by atoms with Crippen LogP contribution in [-0.2, 0) is 0 Å². The highest BCUT2D eigenvalue weighted by atomic mass is 15.2. The number of anilines is 6. The van der Waals surface area contributed by atoms with Gasteiger partial charge in [0.1, 0.15) is 0 Å². The summed E-state index contributed by atoms with van der Waals surface area (Å²) >= 11 is 0. The highest BCUT2D eigenvalue weighted by Gasteiger charge is 2.42. The molecule has 35 heavy (non-hydrogen) atoms. The number of para-hydroxylation sites is 2. The van der Waals surface area contributed by atoms with Crippen molar-refractivity contribution in [2.75, 3.05) is 9.80 Å². The molecule has 0 unspecified atom stereocenters. The minimum Gasteiger partial charge on any atom is -0.311 e. The SMILES string of the molecule is Cc1ccc(N2c3ccc(C)cc3B3c4ccccc4N(c4ccccc4)c4cccc2c43)cc1. The van der Waals surface area contributed by atoms with Crippen LogP contribution in [-0.4, -0.2) is 6.71 Å².